The zero-order valence-corrected chi connectivity index (χ0v) is 10.3. The van der Waals surface area contributed by atoms with E-state index in [1.807, 2.05) is 0 Å². The Hall–Kier alpha value is -1.78. The van der Waals surface area contributed by atoms with E-state index in [-0.39, 0.29) is 24.2 Å². The van der Waals surface area contributed by atoms with E-state index in [1.165, 1.54) is 17.1 Å². The molecule has 2 N–H and O–H groups in total. The van der Waals surface area contributed by atoms with Gasteiger partial charge in [0.2, 0.25) is 5.91 Å². The van der Waals surface area contributed by atoms with Crippen LogP contribution in [0.1, 0.15) is 42.6 Å². The Balaban J connectivity index is 1.90. The molecule has 18 heavy (non-hydrogen) atoms. The number of hydrogen-bond acceptors (Lipinski definition) is 2. The summed E-state index contributed by atoms with van der Waals surface area (Å²) in [5, 5.41) is 11.9. The lowest BCUT2D eigenvalue weighted by atomic mass is 9.95. The molecular weight excluding hydrogens is 232 g/mol. The Morgan fingerprint density at radius 3 is 2.72 bits per heavy atom. The van der Waals surface area contributed by atoms with Gasteiger partial charge in [0.25, 0.3) is 0 Å². The molecule has 1 aromatic rings. The van der Waals surface area contributed by atoms with Gasteiger partial charge in [-0.1, -0.05) is 19.3 Å². The van der Waals surface area contributed by atoms with Gasteiger partial charge in [-0.2, -0.15) is 0 Å². The number of nitrogens with one attached hydrogen (secondary N) is 1. The Labute approximate surface area is 106 Å². The minimum Gasteiger partial charge on any atom is -0.477 e. The highest BCUT2D eigenvalue weighted by atomic mass is 16.4. The van der Waals surface area contributed by atoms with Crippen LogP contribution in [0.3, 0.4) is 0 Å². The van der Waals surface area contributed by atoms with Crippen LogP contribution in [-0.2, 0) is 11.3 Å². The van der Waals surface area contributed by atoms with Crippen molar-refractivity contribution in [1.29, 1.82) is 0 Å². The van der Waals surface area contributed by atoms with Crippen molar-refractivity contribution < 1.29 is 14.7 Å². The summed E-state index contributed by atoms with van der Waals surface area (Å²) in [4.78, 5) is 22.7. The third-order valence-corrected chi connectivity index (χ3v) is 3.33. The third-order valence-electron chi connectivity index (χ3n) is 3.33. The molecule has 0 spiro atoms. The maximum atomic E-state index is 11.8. The van der Waals surface area contributed by atoms with Gasteiger partial charge in [0, 0.05) is 12.2 Å². The minimum absolute atomic E-state index is 0.0745. The standard InChI is InChI=1S/C13H18N2O3/c16-12(14-10-5-2-1-3-6-10)9-15-8-4-7-11(15)13(17)18/h4,7-8,10H,1-3,5-6,9H2,(H,14,16)(H,17,18). The van der Waals surface area contributed by atoms with E-state index in [0.717, 1.165) is 25.7 Å². The second-order valence-electron chi connectivity index (χ2n) is 4.73. The Bertz CT molecular complexity index is 433. The molecule has 1 saturated carbocycles. The van der Waals surface area contributed by atoms with Gasteiger partial charge >= 0.3 is 5.97 Å². The first-order valence-corrected chi connectivity index (χ1v) is 6.34. The Morgan fingerprint density at radius 1 is 1.33 bits per heavy atom. The fourth-order valence-corrected chi connectivity index (χ4v) is 2.42. The summed E-state index contributed by atoms with van der Waals surface area (Å²) < 4.78 is 1.46. The second-order valence-corrected chi connectivity index (χ2v) is 4.73. The highest BCUT2D eigenvalue weighted by Gasteiger charge is 2.17. The molecule has 0 radical (unpaired) electrons. The van der Waals surface area contributed by atoms with Crippen molar-refractivity contribution in [3.8, 4) is 0 Å². The molecule has 0 atom stereocenters. The topological polar surface area (TPSA) is 71.3 Å². The molecule has 1 aliphatic rings. The highest BCUT2D eigenvalue weighted by Crippen LogP contribution is 2.17. The number of carbonyl (C=O) groups excluding carboxylic acids is 1. The molecule has 5 heteroatoms. The molecule has 1 amide bonds. The number of aromatic nitrogens is 1. The molecule has 0 saturated heterocycles. The van der Waals surface area contributed by atoms with Crippen molar-refractivity contribution >= 4 is 11.9 Å². The summed E-state index contributed by atoms with van der Waals surface area (Å²) in [6.45, 7) is 0.0745. The molecule has 0 bridgehead atoms. The summed E-state index contributed by atoms with van der Waals surface area (Å²) in [6, 6.07) is 3.39. The Morgan fingerprint density at radius 2 is 2.06 bits per heavy atom. The lowest BCUT2D eigenvalue weighted by Crippen LogP contribution is -2.38. The molecule has 2 rings (SSSR count). The average molecular weight is 250 g/mol. The average Bonchev–Trinajstić information content (AvgIpc) is 2.78. The first-order chi connectivity index (χ1) is 8.66. The van der Waals surface area contributed by atoms with Crippen LogP contribution < -0.4 is 5.32 Å². The smallest absolute Gasteiger partial charge is 0.352 e. The van der Waals surface area contributed by atoms with Gasteiger partial charge < -0.3 is 15.0 Å². The minimum atomic E-state index is -1.01. The maximum absolute atomic E-state index is 11.8. The summed E-state index contributed by atoms with van der Waals surface area (Å²) in [5.41, 5.74) is 0.147. The zero-order chi connectivity index (χ0) is 13.0. The van der Waals surface area contributed by atoms with Crippen LogP contribution in [0.15, 0.2) is 18.3 Å². The van der Waals surface area contributed by atoms with Crippen LogP contribution >= 0.6 is 0 Å². The molecule has 0 aromatic carbocycles. The third kappa shape index (κ3) is 3.12. The SMILES string of the molecule is O=C(Cn1cccc1C(=O)O)NC1CCCCC1. The van der Waals surface area contributed by atoms with Crippen LogP contribution in [0.5, 0.6) is 0 Å². The highest BCUT2D eigenvalue weighted by molar-refractivity contribution is 5.86. The molecule has 1 fully saturated rings. The van der Waals surface area contributed by atoms with E-state index < -0.39 is 5.97 Å². The largest absolute Gasteiger partial charge is 0.477 e. The van der Waals surface area contributed by atoms with Gasteiger partial charge in [0.1, 0.15) is 12.2 Å². The molecule has 98 valence electrons. The number of carbonyl (C=O) groups is 2. The molecular formula is C13H18N2O3. The first kappa shape index (κ1) is 12.7. The monoisotopic (exact) mass is 250 g/mol. The van der Waals surface area contributed by atoms with Crippen LogP contribution in [0.25, 0.3) is 0 Å². The number of nitrogens with zero attached hydrogens (tertiary/aromatic N) is 1. The predicted octanol–water partition coefficient (Wildman–Crippen LogP) is 1.64. The fourth-order valence-electron chi connectivity index (χ4n) is 2.42. The summed E-state index contributed by atoms with van der Waals surface area (Å²) >= 11 is 0. The van der Waals surface area contributed by atoms with Crippen molar-refractivity contribution in [3.63, 3.8) is 0 Å². The predicted molar refractivity (Wildman–Crippen MR) is 66.4 cm³/mol. The van der Waals surface area contributed by atoms with Crippen molar-refractivity contribution in [1.82, 2.24) is 9.88 Å². The lowest BCUT2D eigenvalue weighted by Gasteiger charge is -2.22. The van der Waals surface area contributed by atoms with Gasteiger partial charge in [0.15, 0.2) is 0 Å². The molecule has 0 unspecified atom stereocenters. The zero-order valence-electron chi connectivity index (χ0n) is 10.3. The van der Waals surface area contributed by atoms with Crippen LogP contribution in [0.4, 0.5) is 0 Å². The number of aromatic carboxylic acids is 1. The number of hydrogen-bond donors (Lipinski definition) is 2. The molecule has 5 nitrogen and oxygen atoms in total. The molecule has 1 aliphatic carbocycles. The quantitative estimate of drug-likeness (QED) is 0.853. The van der Waals surface area contributed by atoms with Crippen molar-refractivity contribution in [2.45, 2.75) is 44.7 Å². The summed E-state index contributed by atoms with van der Waals surface area (Å²) in [7, 11) is 0. The normalized spacial score (nSPS) is 16.4. The summed E-state index contributed by atoms with van der Waals surface area (Å²) in [6.07, 6.45) is 7.24. The van der Waals surface area contributed by atoms with Gasteiger partial charge in [-0.25, -0.2) is 4.79 Å². The van der Waals surface area contributed by atoms with E-state index in [9.17, 15) is 9.59 Å². The molecule has 1 heterocycles. The van der Waals surface area contributed by atoms with Crippen LogP contribution in [-0.4, -0.2) is 27.6 Å². The Kier molecular flexibility index (Phi) is 4.02. The molecule has 1 aromatic heterocycles. The first-order valence-electron chi connectivity index (χ1n) is 6.34. The lowest BCUT2D eigenvalue weighted by molar-refractivity contribution is -0.122. The fraction of sp³-hybridized carbons (Fsp3) is 0.538. The van der Waals surface area contributed by atoms with E-state index in [0.29, 0.717) is 0 Å². The second kappa shape index (κ2) is 5.71. The van der Waals surface area contributed by atoms with E-state index in [4.69, 9.17) is 5.11 Å². The number of carboxylic acid groups (broad SMARTS) is 1. The van der Waals surface area contributed by atoms with Crippen LogP contribution in [0.2, 0.25) is 0 Å². The summed E-state index contributed by atoms with van der Waals surface area (Å²) in [5.74, 6) is -1.12. The van der Waals surface area contributed by atoms with Gasteiger partial charge in [0.05, 0.1) is 0 Å². The van der Waals surface area contributed by atoms with Gasteiger partial charge in [-0.05, 0) is 25.0 Å². The van der Waals surface area contributed by atoms with Crippen molar-refractivity contribution in [2.24, 2.45) is 0 Å². The van der Waals surface area contributed by atoms with Crippen LogP contribution in [0, 0.1) is 0 Å². The molecule has 0 aliphatic heterocycles. The van der Waals surface area contributed by atoms with E-state index >= 15 is 0 Å². The van der Waals surface area contributed by atoms with Crippen molar-refractivity contribution in [3.05, 3.63) is 24.0 Å². The number of amides is 1. The van der Waals surface area contributed by atoms with Gasteiger partial charge in [-0.3, -0.25) is 4.79 Å². The van der Waals surface area contributed by atoms with E-state index in [1.54, 1.807) is 12.3 Å². The van der Waals surface area contributed by atoms with Gasteiger partial charge in [-0.15, -0.1) is 0 Å². The van der Waals surface area contributed by atoms with E-state index in [2.05, 4.69) is 5.32 Å². The number of rotatable bonds is 4. The number of carboxylic acids is 1. The maximum Gasteiger partial charge on any atom is 0.352 e. The van der Waals surface area contributed by atoms with Crippen molar-refractivity contribution in [2.75, 3.05) is 0 Å².